The summed E-state index contributed by atoms with van der Waals surface area (Å²) in [4.78, 5) is 17.0. The van der Waals surface area contributed by atoms with Gasteiger partial charge in [0.2, 0.25) is 0 Å². The van der Waals surface area contributed by atoms with E-state index in [4.69, 9.17) is 21.9 Å². The molecular weight excluding hydrogens is 336 g/mol. The molecule has 3 heterocycles. The molecule has 0 radical (unpaired) electrons. The lowest BCUT2D eigenvalue weighted by molar-refractivity contribution is -0.122. The average Bonchev–Trinajstić information content (AvgIpc) is 3.28. The Morgan fingerprint density at radius 1 is 1.40 bits per heavy atom. The van der Waals surface area contributed by atoms with Crippen LogP contribution in [0.3, 0.4) is 0 Å². The summed E-state index contributed by atoms with van der Waals surface area (Å²) in [5, 5.41) is 12.7. The van der Waals surface area contributed by atoms with Crippen molar-refractivity contribution in [3.8, 4) is 6.07 Å². The molecule has 2 saturated heterocycles. The maximum Gasteiger partial charge on any atom is 0.261 e. The highest BCUT2D eigenvalue weighted by molar-refractivity contribution is 7.80. The monoisotopic (exact) mass is 352 g/mol. The van der Waals surface area contributed by atoms with Crippen LogP contribution in [0.5, 0.6) is 0 Å². The van der Waals surface area contributed by atoms with Crippen molar-refractivity contribution in [3.63, 3.8) is 0 Å². The molecule has 25 heavy (non-hydrogen) atoms. The van der Waals surface area contributed by atoms with Gasteiger partial charge in [-0.1, -0.05) is 6.07 Å². The van der Waals surface area contributed by atoms with Crippen LogP contribution < -0.4 is 10.2 Å². The highest BCUT2D eigenvalue weighted by Crippen LogP contribution is 2.41. The molecule has 126 valence electrons. The molecule has 2 aromatic rings. The van der Waals surface area contributed by atoms with Gasteiger partial charge >= 0.3 is 0 Å². The van der Waals surface area contributed by atoms with E-state index in [2.05, 4.69) is 16.3 Å². The number of carbonyl (C=O) groups excluding carboxylic acids is 1. The van der Waals surface area contributed by atoms with Gasteiger partial charge in [0.25, 0.3) is 5.91 Å². The molecule has 2 aliphatic heterocycles. The van der Waals surface area contributed by atoms with Crippen LogP contribution in [-0.2, 0) is 4.79 Å². The minimum atomic E-state index is -0.855. The molecule has 2 atom stereocenters. The Kier molecular flexibility index (Phi) is 3.60. The number of thiocarbonyl (C=S) groups is 1. The van der Waals surface area contributed by atoms with Gasteiger partial charge in [0, 0.05) is 13.1 Å². The number of furan rings is 1. The number of carbonyl (C=O) groups is 1. The topological polar surface area (TPSA) is 72.5 Å². The molecule has 1 amide bonds. The Bertz CT molecular complexity index is 889. The lowest BCUT2D eigenvalue weighted by Crippen LogP contribution is -2.52. The van der Waals surface area contributed by atoms with Gasteiger partial charge in [-0.05, 0) is 49.6 Å². The van der Waals surface area contributed by atoms with E-state index >= 15 is 0 Å². The van der Waals surface area contributed by atoms with Crippen molar-refractivity contribution in [1.29, 1.82) is 5.26 Å². The Morgan fingerprint density at radius 2 is 2.24 bits per heavy atom. The molecular formula is C18H16N4O2S. The molecule has 0 saturated carbocycles. The third-order valence-electron chi connectivity index (χ3n) is 4.85. The van der Waals surface area contributed by atoms with Crippen molar-refractivity contribution in [3.05, 3.63) is 54.0 Å². The lowest BCUT2D eigenvalue weighted by atomic mass is 9.85. The van der Waals surface area contributed by atoms with E-state index in [1.54, 1.807) is 30.5 Å². The number of nitrogens with zero attached hydrogens (tertiary/aromatic N) is 3. The molecule has 0 unspecified atom stereocenters. The predicted octanol–water partition coefficient (Wildman–Crippen LogP) is 1.84. The summed E-state index contributed by atoms with van der Waals surface area (Å²) in [5.74, 6) is 0.515. The number of hydrogen-bond donors (Lipinski definition) is 1. The van der Waals surface area contributed by atoms with Gasteiger partial charge in [-0.3, -0.25) is 9.69 Å². The lowest BCUT2D eigenvalue weighted by Gasteiger charge is -2.26. The molecule has 1 N–H and O–H groups in total. The second-order valence-electron chi connectivity index (χ2n) is 6.47. The van der Waals surface area contributed by atoms with Crippen molar-refractivity contribution in [2.75, 3.05) is 25.0 Å². The van der Waals surface area contributed by atoms with Crippen molar-refractivity contribution >= 4 is 28.9 Å². The molecule has 1 spiro atoms. The third kappa shape index (κ3) is 2.34. The molecule has 6 nitrogen and oxygen atoms in total. The number of nitrogens with one attached hydrogen (secondary N) is 1. The van der Waals surface area contributed by atoms with Crippen LogP contribution in [0.2, 0.25) is 0 Å². The smallest absolute Gasteiger partial charge is 0.261 e. The van der Waals surface area contributed by atoms with Crippen LogP contribution in [0.4, 0.5) is 5.69 Å². The van der Waals surface area contributed by atoms with Crippen LogP contribution in [0, 0.1) is 11.3 Å². The number of nitriles is 1. The van der Waals surface area contributed by atoms with Gasteiger partial charge in [-0.15, -0.1) is 0 Å². The van der Waals surface area contributed by atoms with Gasteiger partial charge in [0.15, 0.2) is 5.11 Å². The fourth-order valence-corrected chi connectivity index (χ4v) is 4.15. The highest BCUT2D eigenvalue weighted by atomic mass is 32.1. The first-order valence-electron chi connectivity index (χ1n) is 7.94. The van der Waals surface area contributed by atoms with Crippen molar-refractivity contribution in [1.82, 2.24) is 10.2 Å². The fraction of sp³-hybridized carbons (Fsp3) is 0.278. The molecule has 2 aliphatic rings. The quantitative estimate of drug-likeness (QED) is 0.832. The minimum Gasteiger partial charge on any atom is -0.469 e. The number of benzene rings is 1. The van der Waals surface area contributed by atoms with E-state index in [9.17, 15) is 4.79 Å². The Balaban J connectivity index is 1.76. The SMILES string of the molecule is CN1C[C@@H](c2ccco2)[C@]2(C1)NC(=S)N(c1cccc(C#N)c1)C2=O. The summed E-state index contributed by atoms with van der Waals surface area (Å²) in [6.07, 6.45) is 1.62. The van der Waals surface area contributed by atoms with E-state index in [0.717, 1.165) is 5.76 Å². The Morgan fingerprint density at radius 3 is 2.96 bits per heavy atom. The fourth-order valence-electron chi connectivity index (χ4n) is 3.77. The van der Waals surface area contributed by atoms with E-state index in [0.29, 0.717) is 29.5 Å². The maximum absolute atomic E-state index is 13.4. The molecule has 2 fully saturated rings. The van der Waals surface area contributed by atoms with Crippen LogP contribution in [0.15, 0.2) is 47.1 Å². The largest absolute Gasteiger partial charge is 0.469 e. The zero-order valence-corrected chi connectivity index (χ0v) is 14.4. The molecule has 0 bridgehead atoms. The van der Waals surface area contributed by atoms with Gasteiger partial charge in [0.05, 0.1) is 29.5 Å². The number of hydrogen-bond acceptors (Lipinski definition) is 5. The van der Waals surface area contributed by atoms with Crippen LogP contribution in [0.1, 0.15) is 17.2 Å². The van der Waals surface area contributed by atoms with Crippen LogP contribution in [0.25, 0.3) is 0 Å². The number of amides is 1. The molecule has 1 aromatic heterocycles. The van der Waals surface area contributed by atoms with Crippen molar-refractivity contribution < 1.29 is 9.21 Å². The Labute approximate surface area is 150 Å². The standard InChI is InChI=1S/C18H16N4O2S/c1-21-10-14(15-6-3-7-24-15)18(11-21)16(23)22(17(25)20-18)13-5-2-4-12(8-13)9-19/h2-8,14H,10-11H2,1H3,(H,20,25)/t14-,18-/m0/s1. The summed E-state index contributed by atoms with van der Waals surface area (Å²) in [6.45, 7) is 1.23. The van der Waals surface area contributed by atoms with E-state index < -0.39 is 5.54 Å². The summed E-state index contributed by atoms with van der Waals surface area (Å²) >= 11 is 5.47. The normalized spacial score (nSPS) is 26.2. The number of anilines is 1. The van der Waals surface area contributed by atoms with Gasteiger partial charge in [0.1, 0.15) is 11.3 Å². The summed E-state index contributed by atoms with van der Waals surface area (Å²) in [5.41, 5.74) is 0.234. The second kappa shape index (κ2) is 5.69. The first kappa shape index (κ1) is 15.8. The summed E-state index contributed by atoms with van der Waals surface area (Å²) in [7, 11) is 1.97. The second-order valence-corrected chi connectivity index (χ2v) is 6.86. The molecule has 7 heteroatoms. The zero-order valence-electron chi connectivity index (χ0n) is 13.6. The number of likely N-dealkylation sites (N-methyl/N-ethyl adjacent to an activating group) is 1. The first-order valence-corrected chi connectivity index (χ1v) is 8.35. The van der Waals surface area contributed by atoms with Crippen LogP contribution in [-0.4, -0.2) is 41.6 Å². The Hall–Kier alpha value is -2.69. The highest BCUT2D eigenvalue weighted by Gasteiger charge is 2.59. The molecule has 0 aliphatic carbocycles. The number of likely N-dealkylation sites (tertiary alicyclic amines) is 1. The van der Waals surface area contributed by atoms with E-state index in [1.807, 2.05) is 19.2 Å². The van der Waals surface area contributed by atoms with Crippen molar-refractivity contribution in [2.45, 2.75) is 11.5 Å². The molecule has 1 aromatic carbocycles. The average molecular weight is 352 g/mol. The van der Waals surface area contributed by atoms with Crippen molar-refractivity contribution in [2.24, 2.45) is 0 Å². The third-order valence-corrected chi connectivity index (χ3v) is 5.13. The zero-order chi connectivity index (χ0) is 17.6. The first-order chi connectivity index (χ1) is 12.0. The van der Waals surface area contributed by atoms with E-state index in [1.165, 1.54) is 4.90 Å². The number of rotatable bonds is 2. The van der Waals surface area contributed by atoms with Gasteiger partial charge in [-0.25, -0.2) is 0 Å². The summed E-state index contributed by atoms with van der Waals surface area (Å²) < 4.78 is 5.59. The van der Waals surface area contributed by atoms with Gasteiger partial charge in [-0.2, -0.15) is 5.26 Å². The summed E-state index contributed by atoms with van der Waals surface area (Å²) in [6, 6.07) is 12.7. The van der Waals surface area contributed by atoms with E-state index in [-0.39, 0.29) is 11.8 Å². The minimum absolute atomic E-state index is 0.113. The maximum atomic E-state index is 13.4. The van der Waals surface area contributed by atoms with Gasteiger partial charge < -0.3 is 14.6 Å². The van der Waals surface area contributed by atoms with Crippen LogP contribution >= 0.6 is 12.2 Å². The predicted molar refractivity (Wildman–Crippen MR) is 96.1 cm³/mol. The molecule has 4 rings (SSSR count).